The number of hydrogen-bond acceptors (Lipinski definition) is 3. The maximum atomic E-state index is 13.3. The SMILES string of the molecule is NCCCNC(=O)[C@@H](Cc1c[nH]c2ccccc12)NC(=O)N1CCC2(C=Cc3ccccc32)CC1. The summed E-state index contributed by atoms with van der Waals surface area (Å²) in [6.07, 6.45) is 9.30. The maximum absolute atomic E-state index is 13.3. The lowest BCUT2D eigenvalue weighted by atomic mass is 9.74. The van der Waals surface area contributed by atoms with Crippen LogP contribution < -0.4 is 16.4 Å². The van der Waals surface area contributed by atoms with Gasteiger partial charge in [-0.3, -0.25) is 4.79 Å². The van der Waals surface area contributed by atoms with Crippen LogP contribution in [0.25, 0.3) is 17.0 Å². The van der Waals surface area contributed by atoms with E-state index in [-0.39, 0.29) is 17.4 Å². The van der Waals surface area contributed by atoms with Crippen molar-refractivity contribution in [2.24, 2.45) is 5.73 Å². The average molecular weight is 472 g/mol. The van der Waals surface area contributed by atoms with Gasteiger partial charge in [0, 0.05) is 48.6 Å². The van der Waals surface area contributed by atoms with Crippen molar-refractivity contribution in [1.29, 1.82) is 0 Å². The van der Waals surface area contributed by atoms with Gasteiger partial charge in [0.2, 0.25) is 5.91 Å². The van der Waals surface area contributed by atoms with E-state index < -0.39 is 6.04 Å². The predicted molar refractivity (Wildman–Crippen MR) is 139 cm³/mol. The van der Waals surface area contributed by atoms with E-state index in [1.807, 2.05) is 35.4 Å². The van der Waals surface area contributed by atoms with Crippen LogP contribution in [0, 0.1) is 0 Å². The smallest absolute Gasteiger partial charge is 0.318 e. The quantitative estimate of drug-likeness (QED) is 0.398. The van der Waals surface area contributed by atoms with Gasteiger partial charge in [-0.1, -0.05) is 54.6 Å². The van der Waals surface area contributed by atoms with Crippen molar-refractivity contribution in [3.05, 3.63) is 77.5 Å². The predicted octanol–water partition coefficient (Wildman–Crippen LogP) is 3.31. The van der Waals surface area contributed by atoms with Crippen LogP contribution in [0.15, 0.2) is 60.8 Å². The Kier molecular flexibility index (Phi) is 6.59. The molecule has 5 rings (SSSR count). The molecule has 1 aliphatic carbocycles. The van der Waals surface area contributed by atoms with Crippen LogP contribution in [-0.2, 0) is 16.6 Å². The number of aromatic amines is 1. The normalized spacial score (nSPS) is 16.9. The molecule has 1 saturated heterocycles. The minimum atomic E-state index is -0.664. The number of nitrogens with one attached hydrogen (secondary N) is 3. The summed E-state index contributed by atoms with van der Waals surface area (Å²) in [4.78, 5) is 31.4. The number of aromatic nitrogens is 1. The van der Waals surface area contributed by atoms with E-state index in [4.69, 9.17) is 5.73 Å². The fraction of sp³-hybridized carbons (Fsp3) is 0.357. The highest BCUT2D eigenvalue weighted by Gasteiger charge is 2.39. The summed E-state index contributed by atoms with van der Waals surface area (Å²) in [5, 5.41) is 7.02. The third-order valence-electron chi connectivity index (χ3n) is 7.42. The molecule has 0 saturated carbocycles. The van der Waals surface area contributed by atoms with Gasteiger partial charge in [0.05, 0.1) is 0 Å². The first kappa shape index (κ1) is 23.2. The van der Waals surface area contributed by atoms with Crippen LogP contribution in [0.3, 0.4) is 0 Å². The Bertz CT molecular complexity index is 1240. The summed E-state index contributed by atoms with van der Waals surface area (Å²) in [6.45, 7) is 2.30. The van der Waals surface area contributed by atoms with Crippen molar-refractivity contribution in [3.63, 3.8) is 0 Å². The molecule has 0 unspecified atom stereocenters. The number of allylic oxidation sites excluding steroid dienone is 1. The monoisotopic (exact) mass is 471 g/mol. The fourth-order valence-corrected chi connectivity index (χ4v) is 5.39. The van der Waals surface area contributed by atoms with Crippen LogP contribution in [0.1, 0.15) is 36.0 Å². The van der Waals surface area contributed by atoms with Crippen LogP contribution in [0.2, 0.25) is 0 Å². The van der Waals surface area contributed by atoms with Crippen molar-refractivity contribution in [1.82, 2.24) is 20.5 Å². The Morgan fingerprint density at radius 1 is 1.09 bits per heavy atom. The van der Waals surface area contributed by atoms with Gasteiger partial charge >= 0.3 is 6.03 Å². The maximum Gasteiger partial charge on any atom is 0.318 e. The number of likely N-dealkylation sites (tertiary alicyclic amines) is 1. The van der Waals surface area contributed by atoms with Gasteiger partial charge in [0.1, 0.15) is 6.04 Å². The zero-order valence-corrected chi connectivity index (χ0v) is 19.9. The summed E-state index contributed by atoms with van der Waals surface area (Å²) in [5.74, 6) is -0.182. The van der Waals surface area contributed by atoms with Gasteiger partial charge in [-0.05, 0) is 48.6 Å². The largest absolute Gasteiger partial charge is 0.361 e. The van der Waals surface area contributed by atoms with E-state index in [1.54, 1.807) is 0 Å². The highest BCUT2D eigenvalue weighted by atomic mass is 16.2. The van der Waals surface area contributed by atoms with E-state index in [9.17, 15) is 9.59 Å². The number of H-pyrrole nitrogens is 1. The molecule has 2 aromatic carbocycles. The number of rotatable bonds is 7. The minimum Gasteiger partial charge on any atom is -0.361 e. The molecule has 1 aliphatic heterocycles. The number of urea groups is 1. The second-order valence-electron chi connectivity index (χ2n) is 9.56. The molecule has 2 aliphatic rings. The van der Waals surface area contributed by atoms with E-state index >= 15 is 0 Å². The van der Waals surface area contributed by atoms with Crippen molar-refractivity contribution >= 4 is 28.9 Å². The molecule has 1 aromatic heterocycles. The van der Waals surface area contributed by atoms with Gasteiger partial charge in [-0.15, -0.1) is 0 Å². The van der Waals surface area contributed by atoms with Crippen molar-refractivity contribution < 1.29 is 9.59 Å². The Morgan fingerprint density at radius 2 is 1.86 bits per heavy atom. The van der Waals surface area contributed by atoms with Crippen LogP contribution in [0.5, 0.6) is 0 Å². The molecule has 3 aromatic rings. The standard InChI is InChI=1S/C28H33N5O2/c29-14-5-15-30-26(34)25(18-21-19-31-24-9-4-2-7-22(21)24)32-27(35)33-16-12-28(13-17-33)11-10-20-6-1-3-8-23(20)28/h1-4,6-11,19,25,31H,5,12-18,29H2,(H,30,34)(H,32,35)/t25-/m1/s1. The molecule has 0 bridgehead atoms. The number of fused-ring (bicyclic) bond motifs is 3. The molecule has 35 heavy (non-hydrogen) atoms. The Balaban J connectivity index is 1.27. The van der Waals surface area contributed by atoms with Crippen molar-refractivity contribution in [3.8, 4) is 0 Å². The average Bonchev–Trinajstić information content (AvgIpc) is 3.46. The number of nitrogens with two attached hydrogens (primary N) is 1. The highest BCUT2D eigenvalue weighted by molar-refractivity contribution is 5.89. The first-order valence-electron chi connectivity index (χ1n) is 12.5. The van der Waals surface area contributed by atoms with E-state index in [2.05, 4.69) is 52.0 Å². The number of piperidine rings is 1. The number of hydrogen-bond donors (Lipinski definition) is 4. The van der Waals surface area contributed by atoms with Crippen LogP contribution in [-0.4, -0.2) is 54.0 Å². The van der Waals surface area contributed by atoms with Gasteiger partial charge in [0.25, 0.3) is 0 Å². The molecular weight excluding hydrogens is 438 g/mol. The number of carbonyl (C=O) groups excluding carboxylic acids is 2. The molecule has 2 heterocycles. The third-order valence-corrected chi connectivity index (χ3v) is 7.42. The van der Waals surface area contributed by atoms with E-state index in [0.29, 0.717) is 39.0 Å². The topological polar surface area (TPSA) is 103 Å². The summed E-state index contributed by atoms with van der Waals surface area (Å²) in [6, 6.07) is 15.7. The fourth-order valence-electron chi connectivity index (χ4n) is 5.39. The van der Waals surface area contributed by atoms with Crippen molar-refractivity contribution in [2.75, 3.05) is 26.2 Å². The molecule has 7 nitrogen and oxygen atoms in total. The number of benzene rings is 2. The molecule has 3 amide bonds. The molecule has 0 radical (unpaired) electrons. The lowest BCUT2D eigenvalue weighted by Gasteiger charge is -2.39. The minimum absolute atomic E-state index is 0.0103. The van der Waals surface area contributed by atoms with E-state index in [0.717, 1.165) is 29.3 Å². The Labute approximate surface area is 205 Å². The molecule has 5 N–H and O–H groups in total. The molecule has 1 fully saturated rings. The molecule has 1 atom stereocenters. The van der Waals surface area contributed by atoms with E-state index in [1.165, 1.54) is 11.1 Å². The molecule has 182 valence electrons. The van der Waals surface area contributed by atoms with Gasteiger partial charge in [0.15, 0.2) is 0 Å². The summed E-state index contributed by atoms with van der Waals surface area (Å²) < 4.78 is 0. The number of para-hydroxylation sites is 1. The summed E-state index contributed by atoms with van der Waals surface area (Å²) >= 11 is 0. The van der Waals surface area contributed by atoms with Crippen LogP contribution >= 0.6 is 0 Å². The number of carbonyl (C=O) groups is 2. The highest BCUT2D eigenvalue weighted by Crippen LogP contribution is 2.43. The van der Waals surface area contributed by atoms with Gasteiger partial charge in [-0.25, -0.2) is 4.79 Å². The number of amides is 3. The first-order chi connectivity index (χ1) is 17.1. The third kappa shape index (κ3) is 4.68. The Hall–Kier alpha value is -3.58. The summed E-state index contributed by atoms with van der Waals surface area (Å²) in [5.41, 5.74) is 10.2. The van der Waals surface area contributed by atoms with Gasteiger partial charge in [-0.2, -0.15) is 0 Å². The summed E-state index contributed by atoms with van der Waals surface area (Å²) in [7, 11) is 0. The Morgan fingerprint density at radius 3 is 2.69 bits per heavy atom. The second kappa shape index (κ2) is 9.96. The van der Waals surface area contributed by atoms with Crippen LogP contribution in [0.4, 0.5) is 4.79 Å². The zero-order valence-electron chi connectivity index (χ0n) is 19.9. The molecule has 7 heteroatoms. The second-order valence-corrected chi connectivity index (χ2v) is 9.56. The number of nitrogens with zero attached hydrogens (tertiary/aromatic N) is 1. The lowest BCUT2D eigenvalue weighted by molar-refractivity contribution is -0.122. The van der Waals surface area contributed by atoms with Gasteiger partial charge < -0.3 is 26.3 Å². The van der Waals surface area contributed by atoms with Crippen molar-refractivity contribution in [2.45, 2.75) is 37.1 Å². The lowest BCUT2D eigenvalue weighted by Crippen LogP contribution is -2.54. The molecular formula is C28H33N5O2. The molecule has 1 spiro atoms. The first-order valence-corrected chi connectivity index (χ1v) is 12.5. The zero-order chi connectivity index (χ0) is 24.3.